The van der Waals surface area contributed by atoms with E-state index in [1.54, 1.807) is 12.5 Å². The van der Waals surface area contributed by atoms with Crippen LogP contribution in [0.25, 0.3) is 5.82 Å². The number of pyridine rings is 1. The Morgan fingerprint density at radius 3 is 2.86 bits per heavy atom. The molecule has 7 nitrogen and oxygen atoms in total. The molecule has 2 fully saturated rings. The molecule has 2 aliphatic rings. The van der Waals surface area contributed by atoms with Crippen LogP contribution in [0.5, 0.6) is 0 Å². The van der Waals surface area contributed by atoms with E-state index in [-0.39, 0.29) is 24.0 Å². The maximum Gasteiger partial charge on any atom is 0.191 e. The van der Waals surface area contributed by atoms with Gasteiger partial charge in [0, 0.05) is 57.4 Å². The topological polar surface area (TPSA) is 70.4 Å². The second-order valence-electron chi connectivity index (χ2n) is 7.48. The van der Waals surface area contributed by atoms with E-state index in [1.807, 2.05) is 30.1 Å². The third-order valence-electron chi connectivity index (χ3n) is 5.66. The lowest BCUT2D eigenvalue weighted by Gasteiger charge is -2.24. The zero-order valence-electron chi connectivity index (χ0n) is 16.4. The highest BCUT2D eigenvalue weighted by Gasteiger charge is 2.30. The normalized spacial score (nSPS) is 20.9. The number of rotatable bonds is 5. The molecule has 1 saturated carbocycles. The minimum absolute atomic E-state index is 0. The summed E-state index contributed by atoms with van der Waals surface area (Å²) in [6, 6.07) is 5.39. The molecule has 2 aromatic heterocycles. The van der Waals surface area contributed by atoms with Crippen LogP contribution in [0.3, 0.4) is 0 Å². The average molecular weight is 495 g/mol. The van der Waals surface area contributed by atoms with Gasteiger partial charge in [0.2, 0.25) is 0 Å². The van der Waals surface area contributed by atoms with Crippen molar-refractivity contribution in [1.29, 1.82) is 0 Å². The number of nitrogens with zero attached hydrogens (tertiary/aromatic N) is 5. The molecule has 1 aliphatic heterocycles. The van der Waals surface area contributed by atoms with Gasteiger partial charge in [-0.2, -0.15) is 0 Å². The summed E-state index contributed by atoms with van der Waals surface area (Å²) < 4.78 is 1.91. The molecule has 1 unspecified atom stereocenters. The third kappa shape index (κ3) is 5.22. The number of guanidine groups is 1. The monoisotopic (exact) mass is 495 g/mol. The standard InChI is InChI=1S/C20H29N7.HI/c1-21-20(25-17-7-10-26(14-17)18-4-2-3-5-18)24-13-16-6-8-23-19(12-16)27-11-9-22-15-27;/h6,8-9,11-12,15,17-18H,2-5,7,10,13-14H2,1H3,(H2,21,24,25);1H. The van der Waals surface area contributed by atoms with Crippen LogP contribution < -0.4 is 10.6 Å². The smallest absolute Gasteiger partial charge is 0.191 e. The van der Waals surface area contributed by atoms with Gasteiger partial charge in [0.25, 0.3) is 0 Å². The summed E-state index contributed by atoms with van der Waals surface area (Å²) in [5.41, 5.74) is 1.16. The molecule has 4 rings (SSSR count). The SMILES string of the molecule is CN=C(NCc1ccnc(-n2ccnc2)c1)NC1CCN(C2CCCC2)C1.I. The summed E-state index contributed by atoms with van der Waals surface area (Å²) in [5, 5.41) is 7.04. The second-order valence-corrected chi connectivity index (χ2v) is 7.48. The molecule has 8 heteroatoms. The Bertz CT molecular complexity index is 756. The Hall–Kier alpha value is -1.68. The van der Waals surface area contributed by atoms with Crippen molar-refractivity contribution in [3.63, 3.8) is 0 Å². The van der Waals surface area contributed by atoms with Gasteiger partial charge in [-0.15, -0.1) is 24.0 Å². The highest BCUT2D eigenvalue weighted by atomic mass is 127. The molecule has 0 spiro atoms. The van der Waals surface area contributed by atoms with Crippen LogP contribution in [0.1, 0.15) is 37.7 Å². The predicted octanol–water partition coefficient (Wildman–Crippen LogP) is 2.57. The first-order valence-electron chi connectivity index (χ1n) is 9.96. The fourth-order valence-electron chi connectivity index (χ4n) is 4.19. The minimum Gasteiger partial charge on any atom is -0.352 e. The van der Waals surface area contributed by atoms with E-state index in [4.69, 9.17) is 0 Å². The van der Waals surface area contributed by atoms with Gasteiger partial charge in [0.15, 0.2) is 5.96 Å². The van der Waals surface area contributed by atoms with Crippen molar-refractivity contribution in [2.75, 3.05) is 20.1 Å². The quantitative estimate of drug-likeness (QED) is 0.379. The number of aliphatic imine (C=N–C) groups is 1. The number of hydrogen-bond donors (Lipinski definition) is 2. The lowest BCUT2D eigenvalue weighted by molar-refractivity contribution is 0.242. The number of hydrogen-bond acceptors (Lipinski definition) is 4. The van der Waals surface area contributed by atoms with Gasteiger partial charge < -0.3 is 10.6 Å². The third-order valence-corrected chi connectivity index (χ3v) is 5.66. The first-order chi connectivity index (χ1) is 13.3. The molecule has 28 heavy (non-hydrogen) atoms. The van der Waals surface area contributed by atoms with Gasteiger partial charge in [0.1, 0.15) is 12.1 Å². The van der Waals surface area contributed by atoms with Gasteiger partial charge in [0.05, 0.1) is 0 Å². The van der Waals surface area contributed by atoms with Gasteiger partial charge in [-0.1, -0.05) is 12.8 Å². The summed E-state index contributed by atoms with van der Waals surface area (Å²) >= 11 is 0. The minimum atomic E-state index is 0. The summed E-state index contributed by atoms with van der Waals surface area (Å²) in [6.07, 6.45) is 14.0. The average Bonchev–Trinajstić information content (AvgIpc) is 3.47. The molecule has 0 aromatic carbocycles. The van der Waals surface area contributed by atoms with Crippen LogP contribution in [0.4, 0.5) is 0 Å². The highest BCUT2D eigenvalue weighted by Crippen LogP contribution is 2.26. The van der Waals surface area contributed by atoms with Crippen molar-refractivity contribution in [2.24, 2.45) is 4.99 Å². The Balaban J connectivity index is 0.00000225. The van der Waals surface area contributed by atoms with Crippen LogP contribution in [-0.4, -0.2) is 57.6 Å². The zero-order valence-corrected chi connectivity index (χ0v) is 18.8. The lowest BCUT2D eigenvalue weighted by Crippen LogP contribution is -2.45. The molecule has 2 aromatic rings. The fourth-order valence-corrected chi connectivity index (χ4v) is 4.19. The Morgan fingerprint density at radius 2 is 2.11 bits per heavy atom. The van der Waals surface area contributed by atoms with E-state index >= 15 is 0 Å². The van der Waals surface area contributed by atoms with Gasteiger partial charge in [-0.05, 0) is 37.0 Å². The van der Waals surface area contributed by atoms with Crippen LogP contribution >= 0.6 is 24.0 Å². The molecule has 1 atom stereocenters. The molecular formula is C20H30IN7. The largest absolute Gasteiger partial charge is 0.352 e. The summed E-state index contributed by atoms with van der Waals surface area (Å²) in [7, 11) is 1.84. The molecule has 2 N–H and O–H groups in total. The Kier molecular flexibility index (Phi) is 7.66. The first kappa shape index (κ1) is 21.0. The van der Waals surface area contributed by atoms with E-state index in [0.717, 1.165) is 29.9 Å². The second kappa shape index (κ2) is 10.2. The first-order valence-corrected chi connectivity index (χ1v) is 9.96. The van der Waals surface area contributed by atoms with E-state index in [2.05, 4.69) is 36.6 Å². The van der Waals surface area contributed by atoms with Crippen LogP contribution in [0.2, 0.25) is 0 Å². The number of halogens is 1. The number of nitrogens with one attached hydrogen (secondary N) is 2. The number of imidazole rings is 1. The summed E-state index contributed by atoms with van der Waals surface area (Å²) in [4.78, 5) is 15.6. The van der Waals surface area contributed by atoms with E-state index in [9.17, 15) is 0 Å². The maximum atomic E-state index is 4.41. The molecular weight excluding hydrogens is 465 g/mol. The summed E-state index contributed by atoms with van der Waals surface area (Å²) in [5.74, 6) is 1.74. The van der Waals surface area contributed by atoms with E-state index in [1.165, 1.54) is 38.6 Å². The van der Waals surface area contributed by atoms with Gasteiger partial charge in [-0.25, -0.2) is 9.97 Å². The van der Waals surface area contributed by atoms with Gasteiger partial charge >= 0.3 is 0 Å². The highest BCUT2D eigenvalue weighted by molar-refractivity contribution is 14.0. The lowest BCUT2D eigenvalue weighted by atomic mass is 10.2. The van der Waals surface area contributed by atoms with Crippen molar-refractivity contribution in [3.05, 3.63) is 42.6 Å². The van der Waals surface area contributed by atoms with Crippen LogP contribution in [0.15, 0.2) is 42.0 Å². The molecule has 3 heterocycles. The number of aromatic nitrogens is 3. The zero-order chi connectivity index (χ0) is 18.5. The van der Waals surface area contributed by atoms with Crippen molar-refractivity contribution in [1.82, 2.24) is 30.1 Å². The van der Waals surface area contributed by atoms with Crippen LogP contribution in [-0.2, 0) is 6.54 Å². The van der Waals surface area contributed by atoms with Crippen molar-refractivity contribution in [2.45, 2.75) is 50.7 Å². The molecule has 1 aliphatic carbocycles. The fraction of sp³-hybridized carbons (Fsp3) is 0.550. The summed E-state index contributed by atoms with van der Waals surface area (Å²) in [6.45, 7) is 3.05. The van der Waals surface area contributed by atoms with Crippen molar-refractivity contribution in [3.8, 4) is 5.82 Å². The van der Waals surface area contributed by atoms with Crippen molar-refractivity contribution >= 4 is 29.9 Å². The van der Waals surface area contributed by atoms with Crippen LogP contribution in [0, 0.1) is 0 Å². The molecule has 152 valence electrons. The molecule has 0 radical (unpaired) electrons. The van der Waals surface area contributed by atoms with Crippen molar-refractivity contribution < 1.29 is 0 Å². The Morgan fingerprint density at radius 1 is 1.25 bits per heavy atom. The van der Waals surface area contributed by atoms with E-state index < -0.39 is 0 Å². The molecule has 1 saturated heterocycles. The predicted molar refractivity (Wildman–Crippen MR) is 122 cm³/mol. The Labute approximate surface area is 184 Å². The molecule has 0 bridgehead atoms. The van der Waals surface area contributed by atoms with E-state index in [0.29, 0.717) is 12.6 Å². The maximum absolute atomic E-state index is 4.41. The number of likely N-dealkylation sites (tertiary alicyclic amines) is 1. The van der Waals surface area contributed by atoms with Gasteiger partial charge in [-0.3, -0.25) is 14.5 Å². The molecule has 0 amide bonds.